The molecule has 3 rings (SSSR count). The van der Waals surface area contributed by atoms with E-state index in [9.17, 15) is 0 Å². The van der Waals surface area contributed by atoms with Crippen molar-refractivity contribution in [1.82, 2.24) is 20.0 Å². The molecule has 0 unspecified atom stereocenters. The third kappa shape index (κ3) is 3.52. The van der Waals surface area contributed by atoms with Gasteiger partial charge in [-0.15, -0.1) is 0 Å². The van der Waals surface area contributed by atoms with E-state index >= 15 is 0 Å². The van der Waals surface area contributed by atoms with Crippen molar-refractivity contribution in [1.29, 1.82) is 0 Å². The van der Waals surface area contributed by atoms with Crippen molar-refractivity contribution < 1.29 is 4.74 Å². The van der Waals surface area contributed by atoms with Crippen LogP contribution in [0.5, 0.6) is 0 Å². The van der Waals surface area contributed by atoms with E-state index in [1.165, 1.54) is 52.1 Å². The summed E-state index contributed by atoms with van der Waals surface area (Å²) in [5, 5.41) is 3.89. The molecule has 0 radical (unpaired) electrons. The molecular weight excluding hydrogens is 252 g/mol. The summed E-state index contributed by atoms with van der Waals surface area (Å²) in [5.74, 6) is 0. The van der Waals surface area contributed by atoms with Gasteiger partial charge in [0.1, 0.15) is 0 Å². The van der Waals surface area contributed by atoms with Crippen LogP contribution >= 0.6 is 0 Å². The number of piperidine rings is 1. The van der Waals surface area contributed by atoms with Gasteiger partial charge in [-0.2, -0.15) is 0 Å². The molecule has 3 saturated heterocycles. The molecule has 3 aliphatic rings. The second kappa shape index (κ2) is 6.71. The van der Waals surface area contributed by atoms with Crippen LogP contribution in [0.1, 0.15) is 12.8 Å². The first kappa shape index (κ1) is 14.7. The molecular formula is C15H30N4O. The number of likely N-dealkylation sites (tertiary alicyclic amines) is 1. The highest BCUT2D eigenvalue weighted by molar-refractivity contribution is 4.93. The zero-order valence-electron chi connectivity index (χ0n) is 13.1. The van der Waals surface area contributed by atoms with E-state index in [1.807, 2.05) is 0 Å². The molecule has 3 aliphatic heterocycles. The highest BCUT2D eigenvalue weighted by Crippen LogP contribution is 2.18. The van der Waals surface area contributed by atoms with Gasteiger partial charge in [-0.25, -0.2) is 0 Å². The smallest absolute Gasteiger partial charge is 0.0638 e. The van der Waals surface area contributed by atoms with E-state index in [4.69, 9.17) is 4.74 Å². The minimum Gasteiger partial charge on any atom is -0.378 e. The molecule has 0 aromatic rings. The Bertz CT molecular complexity index is 298. The van der Waals surface area contributed by atoms with Gasteiger partial charge in [0.05, 0.1) is 19.3 Å². The molecule has 3 fully saturated rings. The van der Waals surface area contributed by atoms with Crippen LogP contribution in [-0.4, -0.2) is 99.4 Å². The van der Waals surface area contributed by atoms with Crippen LogP contribution in [0, 0.1) is 0 Å². The Morgan fingerprint density at radius 1 is 0.850 bits per heavy atom. The van der Waals surface area contributed by atoms with Crippen LogP contribution in [0.3, 0.4) is 0 Å². The Balaban J connectivity index is 1.50. The highest BCUT2D eigenvalue weighted by Gasteiger charge is 2.35. The molecule has 0 aliphatic carbocycles. The third-order valence-electron chi connectivity index (χ3n) is 5.23. The average molecular weight is 282 g/mol. The summed E-state index contributed by atoms with van der Waals surface area (Å²) in [4.78, 5) is 7.49. The Morgan fingerprint density at radius 2 is 1.50 bits per heavy atom. The maximum atomic E-state index is 5.78. The summed E-state index contributed by atoms with van der Waals surface area (Å²) in [6, 6.07) is 1.81. The van der Waals surface area contributed by atoms with Gasteiger partial charge in [0, 0.05) is 38.3 Å². The second-order valence-electron chi connectivity index (χ2n) is 6.79. The molecule has 20 heavy (non-hydrogen) atoms. The van der Waals surface area contributed by atoms with Crippen molar-refractivity contribution in [2.24, 2.45) is 0 Å². The van der Waals surface area contributed by atoms with E-state index in [0.29, 0.717) is 18.1 Å². The van der Waals surface area contributed by atoms with Crippen molar-refractivity contribution in [2.45, 2.75) is 31.0 Å². The van der Waals surface area contributed by atoms with Crippen molar-refractivity contribution >= 4 is 0 Å². The summed E-state index contributed by atoms with van der Waals surface area (Å²) < 4.78 is 5.78. The van der Waals surface area contributed by atoms with Gasteiger partial charge in [0.2, 0.25) is 0 Å². The lowest BCUT2D eigenvalue weighted by molar-refractivity contribution is 0.0890. The molecule has 2 atom stereocenters. The molecule has 0 aromatic carbocycles. The zero-order chi connectivity index (χ0) is 13.9. The molecule has 0 amide bonds. The van der Waals surface area contributed by atoms with Gasteiger partial charge in [0.25, 0.3) is 0 Å². The van der Waals surface area contributed by atoms with E-state index < -0.39 is 0 Å². The van der Waals surface area contributed by atoms with Crippen LogP contribution in [0.2, 0.25) is 0 Å². The van der Waals surface area contributed by atoms with Crippen molar-refractivity contribution in [2.75, 3.05) is 66.6 Å². The number of piperazine rings is 1. The van der Waals surface area contributed by atoms with Gasteiger partial charge in [-0.3, -0.25) is 4.90 Å². The van der Waals surface area contributed by atoms with Crippen molar-refractivity contribution in [3.05, 3.63) is 0 Å². The Morgan fingerprint density at radius 3 is 2.20 bits per heavy atom. The molecule has 1 N–H and O–H groups in total. The minimum atomic E-state index is 0.534. The van der Waals surface area contributed by atoms with Crippen LogP contribution < -0.4 is 5.32 Å². The van der Waals surface area contributed by atoms with Crippen LogP contribution in [-0.2, 0) is 4.74 Å². The highest BCUT2D eigenvalue weighted by atomic mass is 16.5. The van der Waals surface area contributed by atoms with E-state index in [-0.39, 0.29) is 0 Å². The molecule has 116 valence electrons. The van der Waals surface area contributed by atoms with Gasteiger partial charge >= 0.3 is 0 Å². The lowest BCUT2D eigenvalue weighted by atomic mass is 10.0. The lowest BCUT2D eigenvalue weighted by Gasteiger charge is -2.39. The van der Waals surface area contributed by atoms with Crippen LogP contribution in [0.15, 0.2) is 0 Å². The first-order valence-electron chi connectivity index (χ1n) is 8.17. The minimum absolute atomic E-state index is 0.534. The summed E-state index contributed by atoms with van der Waals surface area (Å²) in [6.07, 6.45) is 2.56. The lowest BCUT2D eigenvalue weighted by Crippen LogP contribution is -2.57. The monoisotopic (exact) mass is 282 g/mol. The number of nitrogens with zero attached hydrogens (tertiary/aromatic N) is 3. The number of likely N-dealkylation sites (N-methyl/N-ethyl adjacent to an activating group) is 1. The largest absolute Gasteiger partial charge is 0.378 e. The molecule has 5 heteroatoms. The fourth-order valence-corrected chi connectivity index (χ4v) is 3.69. The fourth-order valence-electron chi connectivity index (χ4n) is 3.69. The van der Waals surface area contributed by atoms with Crippen molar-refractivity contribution in [3.8, 4) is 0 Å². The van der Waals surface area contributed by atoms with E-state index in [0.717, 1.165) is 13.2 Å². The second-order valence-corrected chi connectivity index (χ2v) is 6.79. The number of ether oxygens (including phenoxy) is 1. The Hall–Kier alpha value is -0.200. The number of hydrogen-bond donors (Lipinski definition) is 1. The van der Waals surface area contributed by atoms with Gasteiger partial charge in [0.15, 0.2) is 0 Å². The van der Waals surface area contributed by atoms with E-state index in [2.05, 4.69) is 34.1 Å². The zero-order valence-corrected chi connectivity index (χ0v) is 13.1. The van der Waals surface area contributed by atoms with E-state index in [1.54, 1.807) is 0 Å². The molecule has 0 spiro atoms. The van der Waals surface area contributed by atoms with Gasteiger partial charge in [-0.1, -0.05) is 0 Å². The third-order valence-corrected chi connectivity index (χ3v) is 5.23. The fraction of sp³-hybridized carbons (Fsp3) is 1.00. The Labute approximate surface area is 123 Å². The quantitative estimate of drug-likeness (QED) is 0.767. The van der Waals surface area contributed by atoms with Crippen molar-refractivity contribution in [3.63, 3.8) is 0 Å². The van der Waals surface area contributed by atoms with Gasteiger partial charge in [-0.05, 0) is 40.0 Å². The summed E-state index contributed by atoms with van der Waals surface area (Å²) in [7, 11) is 4.44. The maximum absolute atomic E-state index is 5.78. The number of nitrogens with one attached hydrogen (secondary N) is 1. The van der Waals surface area contributed by atoms with Crippen LogP contribution in [0.25, 0.3) is 0 Å². The molecule has 0 saturated carbocycles. The SMILES string of the molecule is CN1CCC(N[C@H]2COC[C@@H]2N2CCN(C)CC2)CC1. The first-order valence-corrected chi connectivity index (χ1v) is 8.17. The molecule has 0 bridgehead atoms. The molecule has 5 nitrogen and oxygen atoms in total. The Kier molecular flexibility index (Phi) is 4.94. The average Bonchev–Trinajstić information content (AvgIpc) is 2.90. The summed E-state index contributed by atoms with van der Waals surface area (Å²) in [5.41, 5.74) is 0. The topological polar surface area (TPSA) is 31.0 Å². The molecule has 0 aromatic heterocycles. The standard InChI is InChI=1S/C15H30N4O/c1-17-5-3-13(4-6-17)16-14-11-20-12-15(14)19-9-7-18(2)8-10-19/h13-16H,3-12H2,1-2H3/t14-,15-/m0/s1. The number of rotatable bonds is 3. The maximum Gasteiger partial charge on any atom is 0.0638 e. The predicted octanol–water partition coefficient (Wildman–Crippen LogP) is -0.315. The number of hydrogen-bond acceptors (Lipinski definition) is 5. The predicted molar refractivity (Wildman–Crippen MR) is 81.1 cm³/mol. The van der Waals surface area contributed by atoms with Crippen LogP contribution in [0.4, 0.5) is 0 Å². The normalized spacial score (nSPS) is 35.7. The molecule has 3 heterocycles. The summed E-state index contributed by atoms with van der Waals surface area (Å²) in [6.45, 7) is 9.02. The first-order chi connectivity index (χ1) is 9.72. The summed E-state index contributed by atoms with van der Waals surface area (Å²) >= 11 is 0. The van der Waals surface area contributed by atoms with Gasteiger partial charge < -0.3 is 19.9 Å².